The summed E-state index contributed by atoms with van der Waals surface area (Å²) < 4.78 is 17.6. The van der Waals surface area contributed by atoms with Gasteiger partial charge in [0.25, 0.3) is 0 Å². The molecule has 0 aliphatic heterocycles. The van der Waals surface area contributed by atoms with Crippen LogP contribution in [-0.4, -0.2) is 23.0 Å². The Morgan fingerprint density at radius 3 is 2.78 bits per heavy atom. The fourth-order valence-corrected chi connectivity index (χ4v) is 1.57. The Morgan fingerprint density at radius 1 is 1.33 bits per heavy atom. The summed E-state index contributed by atoms with van der Waals surface area (Å²) in [4.78, 5) is 19.1. The van der Waals surface area contributed by atoms with Crippen molar-refractivity contribution in [3.05, 3.63) is 47.1 Å². The number of benzene rings is 1. The van der Waals surface area contributed by atoms with Gasteiger partial charge in [-0.05, 0) is 24.3 Å². The van der Waals surface area contributed by atoms with Crippen molar-refractivity contribution in [1.29, 1.82) is 0 Å². The van der Waals surface area contributed by atoms with E-state index in [1.807, 2.05) is 0 Å². The molecule has 0 atom stereocenters. The highest BCUT2D eigenvalue weighted by molar-refractivity contribution is 6.31. The van der Waals surface area contributed by atoms with E-state index in [0.717, 1.165) is 0 Å². The van der Waals surface area contributed by atoms with Crippen molar-refractivity contribution in [3.8, 4) is 11.3 Å². The Hall–Kier alpha value is -2.01. The van der Waals surface area contributed by atoms with E-state index >= 15 is 0 Å². The van der Waals surface area contributed by atoms with Crippen LogP contribution in [0.5, 0.6) is 0 Å². The predicted octanol–water partition coefficient (Wildman–Crippen LogP) is 2.72. The normalized spacial score (nSPS) is 10.2. The van der Waals surface area contributed by atoms with Crippen molar-refractivity contribution >= 4 is 17.6 Å². The topological polar surface area (TPSA) is 52.1 Å². The smallest absolute Gasteiger partial charge is 0.356 e. The maximum atomic E-state index is 13.0. The Balaban J connectivity index is 2.44. The maximum absolute atomic E-state index is 13.0. The number of halogens is 2. The fraction of sp³-hybridized carbons (Fsp3) is 0.0833. The number of carbonyl (C=O) groups is 1. The standard InChI is InChI=1S/C12H8ClFN2O2/c1-18-12(17)11-5-10(15-6-16-11)7-2-3-9(14)8(13)4-7/h2-6H,1H3. The minimum Gasteiger partial charge on any atom is -0.464 e. The molecule has 1 heterocycles. The highest BCUT2D eigenvalue weighted by Crippen LogP contribution is 2.23. The summed E-state index contributed by atoms with van der Waals surface area (Å²) in [5.41, 5.74) is 1.18. The molecule has 4 nitrogen and oxygen atoms in total. The molecule has 18 heavy (non-hydrogen) atoms. The third-order valence-corrected chi connectivity index (χ3v) is 2.57. The van der Waals surface area contributed by atoms with Gasteiger partial charge in [-0.25, -0.2) is 19.2 Å². The molecule has 0 aliphatic carbocycles. The molecule has 0 fully saturated rings. The zero-order valence-corrected chi connectivity index (χ0v) is 10.1. The van der Waals surface area contributed by atoms with Crippen molar-refractivity contribution in [1.82, 2.24) is 9.97 Å². The quantitative estimate of drug-likeness (QED) is 0.784. The molecule has 6 heteroatoms. The lowest BCUT2D eigenvalue weighted by atomic mass is 10.1. The van der Waals surface area contributed by atoms with Crippen molar-refractivity contribution in [2.45, 2.75) is 0 Å². The molecule has 1 aromatic heterocycles. The van der Waals surface area contributed by atoms with Crippen LogP contribution >= 0.6 is 11.6 Å². The minimum atomic E-state index is -0.563. The summed E-state index contributed by atoms with van der Waals surface area (Å²) >= 11 is 5.68. The van der Waals surface area contributed by atoms with Crippen LogP contribution in [0.4, 0.5) is 4.39 Å². The van der Waals surface area contributed by atoms with Crippen molar-refractivity contribution < 1.29 is 13.9 Å². The van der Waals surface area contributed by atoms with Crippen LogP contribution < -0.4 is 0 Å². The van der Waals surface area contributed by atoms with Crippen molar-refractivity contribution in [2.75, 3.05) is 7.11 Å². The van der Waals surface area contributed by atoms with Crippen LogP contribution in [0.3, 0.4) is 0 Å². The molecule has 0 unspecified atom stereocenters. The van der Waals surface area contributed by atoms with E-state index in [0.29, 0.717) is 11.3 Å². The summed E-state index contributed by atoms with van der Waals surface area (Å²) in [5.74, 6) is -1.07. The van der Waals surface area contributed by atoms with Gasteiger partial charge in [-0.3, -0.25) is 0 Å². The van der Waals surface area contributed by atoms with Crippen molar-refractivity contribution in [3.63, 3.8) is 0 Å². The lowest BCUT2D eigenvalue weighted by Crippen LogP contribution is -2.04. The van der Waals surface area contributed by atoms with E-state index in [9.17, 15) is 9.18 Å². The van der Waals surface area contributed by atoms with Gasteiger partial charge in [0.1, 0.15) is 12.1 Å². The number of aromatic nitrogens is 2. The lowest BCUT2D eigenvalue weighted by molar-refractivity contribution is 0.0594. The second-order valence-corrected chi connectivity index (χ2v) is 3.82. The molecule has 1 aromatic carbocycles. The molecule has 0 spiro atoms. The van der Waals surface area contributed by atoms with Gasteiger partial charge in [-0.15, -0.1) is 0 Å². The summed E-state index contributed by atoms with van der Waals surface area (Å²) in [6.45, 7) is 0. The van der Waals surface area contributed by atoms with Crippen LogP contribution in [0.25, 0.3) is 11.3 Å². The first-order valence-corrected chi connectivity index (χ1v) is 5.35. The van der Waals surface area contributed by atoms with E-state index < -0.39 is 11.8 Å². The molecule has 0 radical (unpaired) electrons. The molecule has 0 N–H and O–H groups in total. The summed E-state index contributed by atoms with van der Waals surface area (Å²) in [7, 11) is 1.26. The van der Waals surface area contributed by atoms with Gasteiger partial charge in [-0.1, -0.05) is 11.6 Å². The highest BCUT2D eigenvalue weighted by atomic mass is 35.5. The molecule has 2 rings (SSSR count). The third kappa shape index (κ3) is 2.46. The predicted molar refractivity (Wildman–Crippen MR) is 63.8 cm³/mol. The average Bonchev–Trinajstić information content (AvgIpc) is 2.41. The molecule has 0 saturated carbocycles. The van der Waals surface area contributed by atoms with E-state index in [-0.39, 0.29) is 10.7 Å². The number of hydrogen-bond donors (Lipinski definition) is 0. The van der Waals surface area contributed by atoms with E-state index in [1.54, 1.807) is 0 Å². The molecular weight excluding hydrogens is 259 g/mol. The Bertz CT molecular complexity index is 604. The van der Waals surface area contributed by atoms with E-state index in [1.165, 1.54) is 37.7 Å². The first kappa shape index (κ1) is 12.4. The van der Waals surface area contributed by atoms with Crippen LogP contribution in [0.1, 0.15) is 10.5 Å². The van der Waals surface area contributed by atoms with Crippen LogP contribution in [0, 0.1) is 5.82 Å². The number of nitrogens with zero attached hydrogens (tertiary/aromatic N) is 2. The summed E-state index contributed by atoms with van der Waals surface area (Å²) in [6, 6.07) is 5.64. The van der Waals surface area contributed by atoms with Gasteiger partial charge >= 0.3 is 5.97 Å². The largest absolute Gasteiger partial charge is 0.464 e. The molecule has 0 amide bonds. The number of hydrogen-bond acceptors (Lipinski definition) is 4. The van der Waals surface area contributed by atoms with Crippen molar-refractivity contribution in [2.24, 2.45) is 0 Å². The number of rotatable bonds is 2. The Kier molecular flexibility index (Phi) is 3.53. The summed E-state index contributed by atoms with van der Waals surface area (Å²) in [5, 5.41) is -0.00858. The van der Waals surface area contributed by atoms with Crippen LogP contribution in [-0.2, 0) is 4.74 Å². The molecular formula is C12H8ClFN2O2. The molecule has 2 aromatic rings. The first-order chi connectivity index (χ1) is 8.61. The van der Waals surface area contributed by atoms with Gasteiger partial charge in [0, 0.05) is 5.56 Å². The lowest BCUT2D eigenvalue weighted by Gasteiger charge is -2.03. The van der Waals surface area contributed by atoms with Crippen LogP contribution in [0.15, 0.2) is 30.6 Å². The van der Waals surface area contributed by atoms with E-state index in [2.05, 4.69) is 14.7 Å². The Morgan fingerprint density at radius 2 is 2.11 bits per heavy atom. The number of esters is 1. The highest BCUT2D eigenvalue weighted by Gasteiger charge is 2.10. The Labute approximate surface area is 107 Å². The second kappa shape index (κ2) is 5.10. The minimum absolute atomic E-state index is 0.00858. The molecule has 0 aliphatic rings. The van der Waals surface area contributed by atoms with Gasteiger partial charge in [0.05, 0.1) is 17.8 Å². The SMILES string of the molecule is COC(=O)c1cc(-c2ccc(F)c(Cl)c2)ncn1. The number of methoxy groups -OCH3 is 1. The third-order valence-electron chi connectivity index (χ3n) is 2.28. The van der Waals surface area contributed by atoms with Gasteiger partial charge in [0.2, 0.25) is 0 Å². The first-order valence-electron chi connectivity index (χ1n) is 4.97. The van der Waals surface area contributed by atoms with Gasteiger partial charge in [-0.2, -0.15) is 0 Å². The zero-order chi connectivity index (χ0) is 13.1. The molecule has 0 bridgehead atoms. The molecule has 0 saturated heterocycles. The van der Waals surface area contributed by atoms with Gasteiger partial charge in [0.15, 0.2) is 5.69 Å². The number of carbonyl (C=O) groups excluding carboxylic acids is 1. The van der Waals surface area contributed by atoms with E-state index in [4.69, 9.17) is 11.6 Å². The van der Waals surface area contributed by atoms with Gasteiger partial charge < -0.3 is 4.74 Å². The monoisotopic (exact) mass is 266 g/mol. The summed E-state index contributed by atoms with van der Waals surface area (Å²) in [6.07, 6.45) is 1.23. The molecule has 92 valence electrons. The fourth-order valence-electron chi connectivity index (χ4n) is 1.39. The van der Waals surface area contributed by atoms with Crippen LogP contribution in [0.2, 0.25) is 5.02 Å². The number of ether oxygens (including phenoxy) is 1. The average molecular weight is 267 g/mol. The zero-order valence-electron chi connectivity index (χ0n) is 9.35. The second-order valence-electron chi connectivity index (χ2n) is 3.41. The maximum Gasteiger partial charge on any atom is 0.356 e.